The monoisotopic (exact) mass is 494 g/mol. The van der Waals surface area contributed by atoms with Crippen molar-refractivity contribution in [1.82, 2.24) is 4.90 Å². The Bertz CT molecular complexity index is 1250. The highest BCUT2D eigenvalue weighted by atomic mass is 32.1. The maximum atomic E-state index is 12.5. The molecular weight excluding hydrogens is 468 g/mol. The lowest BCUT2D eigenvalue weighted by molar-refractivity contribution is -0.136. The molecule has 182 valence electrons. The van der Waals surface area contributed by atoms with Crippen molar-refractivity contribution in [2.45, 2.75) is 13.8 Å². The summed E-state index contributed by atoms with van der Waals surface area (Å²) in [5.41, 5.74) is 3.50. The minimum atomic E-state index is -0.597. The zero-order valence-corrected chi connectivity index (χ0v) is 20.6. The number of fused-ring (bicyclic) bond motifs is 1. The zero-order chi connectivity index (χ0) is 24.9. The molecule has 0 aliphatic carbocycles. The van der Waals surface area contributed by atoms with E-state index in [0.717, 1.165) is 27.3 Å². The van der Waals surface area contributed by atoms with E-state index in [2.05, 4.69) is 5.32 Å². The maximum Gasteiger partial charge on any atom is 0.348 e. The highest BCUT2D eigenvalue weighted by molar-refractivity contribution is 7.17. The first kappa shape index (κ1) is 24.3. The average molecular weight is 495 g/mol. The fourth-order valence-corrected chi connectivity index (χ4v) is 4.50. The van der Waals surface area contributed by atoms with Gasteiger partial charge in [-0.1, -0.05) is 18.2 Å². The summed E-state index contributed by atoms with van der Waals surface area (Å²) in [6.07, 6.45) is 0. The number of aryl methyl sites for hydroxylation is 2. The minimum absolute atomic E-state index is 0.155. The number of benzene rings is 2. The van der Waals surface area contributed by atoms with Crippen molar-refractivity contribution < 1.29 is 28.6 Å². The van der Waals surface area contributed by atoms with Gasteiger partial charge in [0.1, 0.15) is 18.1 Å². The van der Waals surface area contributed by atoms with Gasteiger partial charge < -0.3 is 24.4 Å². The number of para-hydroxylation sites is 1. The third-order valence-electron chi connectivity index (χ3n) is 5.51. The van der Waals surface area contributed by atoms with Crippen molar-refractivity contribution in [3.05, 3.63) is 64.5 Å². The van der Waals surface area contributed by atoms with Crippen LogP contribution in [0.15, 0.2) is 48.5 Å². The number of carbonyl (C=O) groups excluding carboxylic acids is 3. The molecule has 0 unspecified atom stereocenters. The second kappa shape index (κ2) is 10.6. The van der Waals surface area contributed by atoms with Crippen LogP contribution >= 0.6 is 11.3 Å². The van der Waals surface area contributed by atoms with E-state index >= 15 is 0 Å². The Morgan fingerprint density at radius 2 is 1.71 bits per heavy atom. The van der Waals surface area contributed by atoms with Gasteiger partial charge in [-0.3, -0.25) is 9.59 Å². The van der Waals surface area contributed by atoms with Gasteiger partial charge in [-0.15, -0.1) is 11.3 Å². The predicted octanol–water partition coefficient (Wildman–Crippen LogP) is 4.06. The number of esters is 1. The fourth-order valence-electron chi connectivity index (χ4n) is 3.60. The Labute approximate surface area is 207 Å². The van der Waals surface area contributed by atoms with Crippen LogP contribution in [0, 0.1) is 13.8 Å². The van der Waals surface area contributed by atoms with Crippen LogP contribution in [-0.2, 0) is 14.3 Å². The molecule has 0 radical (unpaired) electrons. The Balaban J connectivity index is 1.29. The summed E-state index contributed by atoms with van der Waals surface area (Å²) in [6.45, 7) is 4.21. The summed E-state index contributed by atoms with van der Waals surface area (Å²) >= 11 is 1.26. The van der Waals surface area contributed by atoms with Crippen LogP contribution in [0.25, 0.3) is 10.4 Å². The topological polar surface area (TPSA) is 94.2 Å². The van der Waals surface area contributed by atoms with Gasteiger partial charge >= 0.3 is 5.97 Å². The zero-order valence-electron chi connectivity index (χ0n) is 19.8. The molecule has 0 saturated carbocycles. The first-order valence-electron chi connectivity index (χ1n) is 11.1. The van der Waals surface area contributed by atoms with E-state index in [1.807, 2.05) is 56.3 Å². The summed E-state index contributed by atoms with van der Waals surface area (Å²) in [6, 6.07) is 14.8. The van der Waals surface area contributed by atoms with Gasteiger partial charge in [0.05, 0.1) is 6.54 Å². The normalized spacial score (nSPS) is 12.1. The number of ether oxygens (including phenoxy) is 3. The van der Waals surface area contributed by atoms with Crippen molar-refractivity contribution in [2.24, 2.45) is 0 Å². The van der Waals surface area contributed by atoms with Crippen LogP contribution in [0.4, 0.5) is 5.69 Å². The molecule has 0 bridgehead atoms. The molecule has 9 heteroatoms. The van der Waals surface area contributed by atoms with Crippen molar-refractivity contribution in [3.63, 3.8) is 0 Å². The molecule has 2 amide bonds. The summed E-state index contributed by atoms with van der Waals surface area (Å²) in [5, 5.41) is 2.84. The van der Waals surface area contributed by atoms with Gasteiger partial charge in [-0.2, -0.15) is 0 Å². The molecule has 1 aliphatic heterocycles. The van der Waals surface area contributed by atoms with Crippen LogP contribution in [-0.4, -0.2) is 56.1 Å². The number of hydrogen-bond acceptors (Lipinski definition) is 7. The summed E-state index contributed by atoms with van der Waals surface area (Å²) in [4.78, 5) is 39.7. The molecule has 0 fully saturated rings. The molecule has 8 nitrogen and oxygen atoms in total. The second-order valence-corrected chi connectivity index (χ2v) is 9.25. The molecular formula is C26H26N2O6S. The molecule has 1 aromatic heterocycles. The van der Waals surface area contributed by atoms with Gasteiger partial charge in [-0.25, -0.2) is 4.79 Å². The molecule has 2 aromatic carbocycles. The molecule has 0 atom stereocenters. The lowest BCUT2D eigenvalue weighted by Crippen LogP contribution is -2.37. The lowest BCUT2D eigenvalue weighted by atomic mass is 10.1. The Hall–Kier alpha value is -3.85. The lowest BCUT2D eigenvalue weighted by Gasteiger charge is -2.18. The quantitative estimate of drug-likeness (QED) is 0.498. The number of nitrogens with zero attached hydrogens (tertiary/aromatic N) is 1. The van der Waals surface area contributed by atoms with Gasteiger partial charge in [0.15, 0.2) is 18.1 Å². The number of nitrogens with one attached hydrogen (secondary N) is 1. The number of carbonyl (C=O) groups is 3. The molecule has 4 rings (SSSR count). The van der Waals surface area contributed by atoms with E-state index in [1.54, 1.807) is 6.07 Å². The standard InChI is InChI=1S/C26H26N2O6S/c1-16-5-4-6-17(2)25(16)27-23(29)14-28(3)24(30)15-34-26(31)22-10-9-21(35-22)18-7-8-19-20(13-18)33-12-11-32-19/h4-10,13H,11-12,14-15H2,1-3H3,(H,27,29). The van der Waals surface area contributed by atoms with E-state index in [4.69, 9.17) is 14.2 Å². The van der Waals surface area contributed by atoms with Crippen LogP contribution in [0.5, 0.6) is 11.5 Å². The summed E-state index contributed by atoms with van der Waals surface area (Å²) in [7, 11) is 1.49. The SMILES string of the molecule is Cc1cccc(C)c1NC(=O)CN(C)C(=O)COC(=O)c1ccc(-c2ccc3c(c2)OCCO3)s1. The van der Waals surface area contributed by atoms with Gasteiger partial charge in [-0.05, 0) is 60.9 Å². The van der Waals surface area contributed by atoms with Crippen LogP contribution < -0.4 is 14.8 Å². The smallest absolute Gasteiger partial charge is 0.348 e. The molecule has 2 heterocycles. The van der Waals surface area contributed by atoms with E-state index < -0.39 is 18.5 Å². The van der Waals surface area contributed by atoms with Gasteiger partial charge in [0.25, 0.3) is 5.91 Å². The number of amides is 2. The number of likely N-dealkylation sites (N-methyl/N-ethyl adjacent to an activating group) is 1. The third-order valence-corrected chi connectivity index (χ3v) is 6.63. The van der Waals surface area contributed by atoms with Gasteiger partial charge in [0.2, 0.25) is 5.91 Å². The second-order valence-electron chi connectivity index (χ2n) is 8.16. The summed E-state index contributed by atoms with van der Waals surface area (Å²) < 4.78 is 16.3. The Morgan fingerprint density at radius 1 is 1.00 bits per heavy atom. The largest absolute Gasteiger partial charge is 0.486 e. The predicted molar refractivity (Wildman–Crippen MR) is 133 cm³/mol. The van der Waals surface area contributed by atoms with Crippen molar-refractivity contribution in [3.8, 4) is 21.9 Å². The number of anilines is 1. The van der Waals surface area contributed by atoms with E-state index in [9.17, 15) is 14.4 Å². The highest BCUT2D eigenvalue weighted by Gasteiger charge is 2.19. The molecule has 35 heavy (non-hydrogen) atoms. The van der Waals surface area contributed by atoms with Crippen LogP contribution in [0.2, 0.25) is 0 Å². The fraction of sp³-hybridized carbons (Fsp3) is 0.269. The third kappa shape index (κ3) is 5.81. The van der Waals surface area contributed by atoms with Crippen molar-refractivity contribution >= 4 is 34.8 Å². The molecule has 1 aliphatic rings. The molecule has 0 saturated heterocycles. The Morgan fingerprint density at radius 3 is 2.46 bits per heavy atom. The molecule has 3 aromatic rings. The molecule has 1 N–H and O–H groups in total. The Kier molecular flexibility index (Phi) is 7.36. The van der Waals surface area contributed by atoms with Crippen LogP contribution in [0.3, 0.4) is 0 Å². The molecule has 0 spiro atoms. The van der Waals surface area contributed by atoms with E-state index in [0.29, 0.717) is 29.6 Å². The summed E-state index contributed by atoms with van der Waals surface area (Å²) in [5.74, 6) is -0.0332. The van der Waals surface area contributed by atoms with E-state index in [-0.39, 0.29) is 12.5 Å². The number of hydrogen-bond donors (Lipinski definition) is 1. The van der Waals surface area contributed by atoms with Crippen molar-refractivity contribution in [2.75, 3.05) is 38.7 Å². The van der Waals surface area contributed by atoms with E-state index in [1.165, 1.54) is 23.3 Å². The maximum absolute atomic E-state index is 12.5. The highest BCUT2D eigenvalue weighted by Crippen LogP contribution is 2.37. The van der Waals surface area contributed by atoms with Crippen LogP contribution in [0.1, 0.15) is 20.8 Å². The first-order valence-corrected chi connectivity index (χ1v) is 11.9. The number of rotatable bonds is 7. The average Bonchev–Trinajstić information content (AvgIpc) is 3.35. The van der Waals surface area contributed by atoms with Crippen molar-refractivity contribution in [1.29, 1.82) is 0 Å². The number of thiophene rings is 1. The minimum Gasteiger partial charge on any atom is -0.486 e. The first-order chi connectivity index (χ1) is 16.8. The van der Waals surface area contributed by atoms with Gasteiger partial charge in [0, 0.05) is 17.6 Å².